The van der Waals surface area contributed by atoms with Crippen LogP contribution in [0.4, 0.5) is 0 Å². The van der Waals surface area contributed by atoms with Crippen molar-refractivity contribution in [2.24, 2.45) is 11.8 Å². The van der Waals surface area contributed by atoms with E-state index in [0.29, 0.717) is 12.5 Å². The van der Waals surface area contributed by atoms with E-state index in [1.165, 1.54) is 116 Å². The van der Waals surface area contributed by atoms with E-state index < -0.39 is 0 Å². The molecule has 0 amide bonds. The Balaban J connectivity index is 3.85. The van der Waals surface area contributed by atoms with Gasteiger partial charge in [-0.2, -0.15) is 0 Å². The maximum atomic E-state index is 12.2. The summed E-state index contributed by atoms with van der Waals surface area (Å²) in [7, 11) is 0. The highest BCUT2D eigenvalue weighted by Crippen LogP contribution is 2.20. The van der Waals surface area contributed by atoms with Crippen molar-refractivity contribution in [3.05, 3.63) is 0 Å². The number of hydrogen-bond acceptors (Lipinski definition) is 2. The zero-order valence-electron chi connectivity index (χ0n) is 21.3. The van der Waals surface area contributed by atoms with Crippen molar-refractivity contribution in [3.8, 4) is 0 Å². The Morgan fingerprint density at radius 2 is 0.967 bits per heavy atom. The van der Waals surface area contributed by atoms with Crippen LogP contribution in [0.15, 0.2) is 0 Å². The van der Waals surface area contributed by atoms with Crippen LogP contribution in [0.2, 0.25) is 0 Å². The van der Waals surface area contributed by atoms with Gasteiger partial charge in [-0.3, -0.25) is 4.79 Å². The zero-order valence-corrected chi connectivity index (χ0v) is 21.3. The molecule has 0 aromatic rings. The first-order valence-electron chi connectivity index (χ1n) is 13.8. The van der Waals surface area contributed by atoms with Crippen LogP contribution < -0.4 is 0 Å². The van der Waals surface area contributed by atoms with Gasteiger partial charge in [-0.1, -0.05) is 137 Å². The quantitative estimate of drug-likeness (QED) is 0.120. The lowest BCUT2D eigenvalue weighted by Gasteiger charge is -2.18. The van der Waals surface area contributed by atoms with E-state index in [-0.39, 0.29) is 11.9 Å². The number of ether oxygens (including phenoxy) is 1. The van der Waals surface area contributed by atoms with E-state index in [4.69, 9.17) is 4.74 Å². The van der Waals surface area contributed by atoms with Crippen LogP contribution in [0.5, 0.6) is 0 Å². The van der Waals surface area contributed by atoms with Crippen molar-refractivity contribution in [3.63, 3.8) is 0 Å². The topological polar surface area (TPSA) is 26.3 Å². The van der Waals surface area contributed by atoms with Crippen LogP contribution >= 0.6 is 0 Å². The second-order valence-electron chi connectivity index (χ2n) is 9.71. The van der Waals surface area contributed by atoms with Gasteiger partial charge >= 0.3 is 5.97 Å². The SMILES string of the molecule is CCCCCCCCCCCCCCC(CCCCCC)COC(=O)C(C)CCC. The molecule has 0 rings (SSSR count). The maximum Gasteiger partial charge on any atom is 0.308 e. The van der Waals surface area contributed by atoms with Crippen LogP contribution in [0, 0.1) is 11.8 Å². The molecule has 30 heavy (non-hydrogen) atoms. The third kappa shape index (κ3) is 19.4. The van der Waals surface area contributed by atoms with E-state index in [2.05, 4.69) is 20.8 Å². The molecule has 0 radical (unpaired) electrons. The molecule has 0 aromatic carbocycles. The first-order valence-corrected chi connectivity index (χ1v) is 13.8. The Bertz CT molecular complexity index is 353. The first kappa shape index (κ1) is 29.5. The number of unbranched alkanes of at least 4 members (excludes halogenated alkanes) is 14. The minimum Gasteiger partial charge on any atom is -0.465 e. The molecule has 0 aliphatic rings. The molecule has 2 unspecified atom stereocenters. The number of carbonyl (C=O) groups is 1. The Morgan fingerprint density at radius 1 is 0.567 bits per heavy atom. The van der Waals surface area contributed by atoms with Gasteiger partial charge in [0.2, 0.25) is 0 Å². The molecule has 0 spiro atoms. The summed E-state index contributed by atoms with van der Waals surface area (Å²) in [6, 6.07) is 0. The Labute approximate surface area is 190 Å². The molecule has 0 saturated heterocycles. The van der Waals surface area contributed by atoms with Gasteiger partial charge < -0.3 is 4.74 Å². The first-order chi connectivity index (χ1) is 14.7. The smallest absolute Gasteiger partial charge is 0.308 e. The van der Waals surface area contributed by atoms with Gasteiger partial charge in [0, 0.05) is 0 Å². The summed E-state index contributed by atoms with van der Waals surface area (Å²) in [5.41, 5.74) is 0. The summed E-state index contributed by atoms with van der Waals surface area (Å²) in [4.78, 5) is 12.2. The average molecular weight is 425 g/mol. The largest absolute Gasteiger partial charge is 0.465 e. The summed E-state index contributed by atoms with van der Waals surface area (Å²) in [6.07, 6.45) is 26.5. The highest BCUT2D eigenvalue weighted by molar-refractivity contribution is 5.71. The summed E-state index contributed by atoms with van der Waals surface area (Å²) < 4.78 is 5.69. The van der Waals surface area contributed by atoms with Crippen LogP contribution in [0.3, 0.4) is 0 Å². The molecule has 0 N–H and O–H groups in total. The van der Waals surface area contributed by atoms with E-state index in [9.17, 15) is 4.79 Å². The maximum absolute atomic E-state index is 12.2. The molecule has 2 nitrogen and oxygen atoms in total. The van der Waals surface area contributed by atoms with Crippen molar-refractivity contribution in [1.29, 1.82) is 0 Å². The molecule has 0 aliphatic carbocycles. The van der Waals surface area contributed by atoms with Crippen molar-refractivity contribution in [2.75, 3.05) is 6.61 Å². The lowest BCUT2D eigenvalue weighted by molar-refractivity contribution is -0.149. The summed E-state index contributed by atoms with van der Waals surface area (Å²) >= 11 is 0. The molecule has 180 valence electrons. The third-order valence-electron chi connectivity index (χ3n) is 6.52. The average Bonchev–Trinajstić information content (AvgIpc) is 2.75. The van der Waals surface area contributed by atoms with Gasteiger partial charge in [-0.05, 0) is 25.2 Å². The van der Waals surface area contributed by atoms with E-state index in [1.807, 2.05) is 6.92 Å². The predicted octanol–water partition coefficient (Wildman–Crippen LogP) is 9.64. The normalized spacial score (nSPS) is 13.3. The number of rotatable bonds is 23. The predicted molar refractivity (Wildman–Crippen MR) is 133 cm³/mol. The van der Waals surface area contributed by atoms with Gasteiger partial charge in [0.1, 0.15) is 0 Å². The summed E-state index contributed by atoms with van der Waals surface area (Å²) in [6.45, 7) is 9.34. The monoisotopic (exact) mass is 424 g/mol. The van der Waals surface area contributed by atoms with Crippen molar-refractivity contribution in [2.45, 2.75) is 156 Å². The Kier molecular flexibility index (Phi) is 22.7. The molecular weight excluding hydrogens is 368 g/mol. The summed E-state index contributed by atoms with van der Waals surface area (Å²) in [5, 5.41) is 0. The molecule has 0 heterocycles. The molecule has 0 saturated carbocycles. The highest BCUT2D eigenvalue weighted by Gasteiger charge is 2.16. The van der Waals surface area contributed by atoms with Crippen LogP contribution in [-0.2, 0) is 9.53 Å². The van der Waals surface area contributed by atoms with Gasteiger partial charge in [0.15, 0.2) is 0 Å². The van der Waals surface area contributed by atoms with E-state index in [0.717, 1.165) is 12.8 Å². The third-order valence-corrected chi connectivity index (χ3v) is 6.52. The zero-order chi connectivity index (χ0) is 22.3. The number of hydrogen-bond donors (Lipinski definition) is 0. The van der Waals surface area contributed by atoms with Crippen molar-refractivity contribution < 1.29 is 9.53 Å². The molecule has 0 aromatic heterocycles. The van der Waals surface area contributed by atoms with Crippen molar-refractivity contribution in [1.82, 2.24) is 0 Å². The lowest BCUT2D eigenvalue weighted by atomic mass is 9.95. The standard InChI is InChI=1S/C28H56O2/c1-5-8-10-12-13-14-15-16-17-18-19-21-24-27(23-20-11-9-6-2)25-30-28(29)26(4)22-7-3/h26-27H,5-25H2,1-4H3. The van der Waals surface area contributed by atoms with Gasteiger partial charge in [0.25, 0.3) is 0 Å². The van der Waals surface area contributed by atoms with Crippen LogP contribution in [0.25, 0.3) is 0 Å². The van der Waals surface area contributed by atoms with Gasteiger partial charge in [-0.25, -0.2) is 0 Å². The molecule has 0 bridgehead atoms. The Hall–Kier alpha value is -0.530. The van der Waals surface area contributed by atoms with Crippen molar-refractivity contribution >= 4 is 5.97 Å². The summed E-state index contributed by atoms with van der Waals surface area (Å²) in [5.74, 6) is 0.648. The van der Waals surface area contributed by atoms with E-state index >= 15 is 0 Å². The fourth-order valence-corrected chi connectivity index (χ4v) is 4.34. The Morgan fingerprint density at radius 3 is 1.40 bits per heavy atom. The fourth-order valence-electron chi connectivity index (χ4n) is 4.34. The molecule has 2 heteroatoms. The lowest BCUT2D eigenvalue weighted by Crippen LogP contribution is -2.19. The molecule has 2 atom stereocenters. The van der Waals surface area contributed by atoms with Gasteiger partial charge in [0.05, 0.1) is 12.5 Å². The molecular formula is C28H56O2. The fraction of sp³-hybridized carbons (Fsp3) is 0.964. The number of esters is 1. The van der Waals surface area contributed by atoms with E-state index in [1.54, 1.807) is 0 Å². The minimum atomic E-state index is 0.0186. The second-order valence-corrected chi connectivity index (χ2v) is 9.71. The van der Waals surface area contributed by atoms with Crippen LogP contribution in [0.1, 0.15) is 156 Å². The molecule has 0 aliphatic heterocycles. The van der Waals surface area contributed by atoms with Crippen LogP contribution in [-0.4, -0.2) is 12.6 Å². The number of carbonyl (C=O) groups excluding carboxylic acids is 1. The highest BCUT2D eigenvalue weighted by atomic mass is 16.5. The molecule has 0 fully saturated rings. The minimum absolute atomic E-state index is 0.0186. The van der Waals surface area contributed by atoms with Gasteiger partial charge in [-0.15, -0.1) is 0 Å². The second kappa shape index (κ2) is 23.1.